The molecule has 0 unspecified atom stereocenters. The standard InChI is InChI=1S/C40H47ClN6O5/c1-27-31(8-5-9-33(27)34-10-6-11-36(28(34)2)50-17-7-14-46(3)15-12-39(43)48)26-52-38-20-37(51-25-30-18-29(21-42)22-45-23-30)32(19-35(38)41)24-47(4)16-13-40(44)49/h5-6,8-11,18-20,22-23H,7,12-17,24-26H2,1-4H3,(H2,43,48)(H2,44,49). The maximum atomic E-state index is 11.4. The molecule has 52 heavy (non-hydrogen) atoms. The molecule has 11 nitrogen and oxygen atoms in total. The molecule has 0 saturated carbocycles. The number of rotatable bonds is 20. The molecule has 4 aromatic rings. The van der Waals surface area contributed by atoms with E-state index in [1.54, 1.807) is 18.3 Å². The number of primary amides is 2. The molecule has 0 radical (unpaired) electrons. The molecule has 2 amide bonds. The molecule has 4 N–H and O–H groups in total. The Morgan fingerprint density at radius 2 is 1.46 bits per heavy atom. The fourth-order valence-electron chi connectivity index (χ4n) is 5.68. The van der Waals surface area contributed by atoms with E-state index in [0.717, 1.165) is 57.7 Å². The van der Waals surface area contributed by atoms with E-state index in [-0.39, 0.29) is 31.4 Å². The predicted molar refractivity (Wildman–Crippen MR) is 202 cm³/mol. The van der Waals surface area contributed by atoms with Gasteiger partial charge in [-0.2, -0.15) is 5.26 Å². The average molecular weight is 727 g/mol. The van der Waals surface area contributed by atoms with Crippen LogP contribution in [0, 0.1) is 25.2 Å². The molecular formula is C40H47ClN6O5. The molecule has 1 heterocycles. The second-order valence-corrected chi connectivity index (χ2v) is 13.3. The Kier molecular flexibility index (Phi) is 14.8. The lowest BCUT2D eigenvalue weighted by Crippen LogP contribution is -2.26. The van der Waals surface area contributed by atoms with Gasteiger partial charge in [-0.05, 0) is 80.4 Å². The number of ether oxygens (including phenoxy) is 3. The van der Waals surface area contributed by atoms with Gasteiger partial charge in [-0.3, -0.25) is 14.6 Å². The zero-order valence-electron chi connectivity index (χ0n) is 30.3. The van der Waals surface area contributed by atoms with Crippen molar-refractivity contribution in [1.29, 1.82) is 5.26 Å². The average Bonchev–Trinajstić information content (AvgIpc) is 3.12. The van der Waals surface area contributed by atoms with Crippen LogP contribution in [0.25, 0.3) is 11.1 Å². The van der Waals surface area contributed by atoms with Crippen molar-refractivity contribution in [3.8, 4) is 34.4 Å². The molecule has 274 valence electrons. The molecule has 0 aliphatic carbocycles. The molecule has 0 aliphatic heterocycles. The van der Waals surface area contributed by atoms with Crippen molar-refractivity contribution in [2.75, 3.05) is 40.3 Å². The Morgan fingerprint density at radius 3 is 2.17 bits per heavy atom. The Hall–Kier alpha value is -5.15. The maximum absolute atomic E-state index is 11.4. The number of nitrogens with zero attached hydrogens (tertiary/aromatic N) is 4. The lowest BCUT2D eigenvalue weighted by molar-refractivity contribution is -0.119. The number of benzene rings is 3. The highest BCUT2D eigenvalue weighted by Crippen LogP contribution is 2.36. The van der Waals surface area contributed by atoms with Crippen molar-refractivity contribution in [1.82, 2.24) is 14.8 Å². The number of hydrogen-bond donors (Lipinski definition) is 2. The maximum Gasteiger partial charge on any atom is 0.218 e. The van der Waals surface area contributed by atoms with Crippen molar-refractivity contribution < 1.29 is 23.8 Å². The topological polar surface area (TPSA) is 157 Å². The number of carbonyl (C=O) groups is 2. The van der Waals surface area contributed by atoms with Crippen molar-refractivity contribution >= 4 is 23.4 Å². The molecule has 0 spiro atoms. The Morgan fingerprint density at radius 1 is 0.788 bits per heavy atom. The molecule has 0 saturated heterocycles. The number of carbonyl (C=O) groups excluding carboxylic acids is 2. The molecule has 0 atom stereocenters. The van der Waals surface area contributed by atoms with E-state index < -0.39 is 0 Å². The first-order valence-electron chi connectivity index (χ1n) is 17.1. The van der Waals surface area contributed by atoms with Gasteiger partial charge >= 0.3 is 0 Å². The monoisotopic (exact) mass is 726 g/mol. The normalized spacial score (nSPS) is 11.0. The summed E-state index contributed by atoms with van der Waals surface area (Å²) in [6.07, 6.45) is 4.54. The van der Waals surface area contributed by atoms with E-state index in [1.807, 2.05) is 49.3 Å². The van der Waals surface area contributed by atoms with Gasteiger partial charge in [0.2, 0.25) is 11.8 Å². The Balaban J connectivity index is 1.49. The largest absolute Gasteiger partial charge is 0.493 e. The van der Waals surface area contributed by atoms with Gasteiger partial charge in [-0.25, -0.2) is 0 Å². The van der Waals surface area contributed by atoms with Crippen LogP contribution in [0.2, 0.25) is 5.02 Å². The highest BCUT2D eigenvalue weighted by atomic mass is 35.5. The van der Waals surface area contributed by atoms with Gasteiger partial charge in [0.25, 0.3) is 0 Å². The molecule has 1 aromatic heterocycles. The van der Waals surface area contributed by atoms with Gasteiger partial charge in [0.15, 0.2) is 0 Å². The first-order valence-corrected chi connectivity index (χ1v) is 17.5. The smallest absolute Gasteiger partial charge is 0.218 e. The van der Waals surface area contributed by atoms with Crippen molar-refractivity contribution in [3.63, 3.8) is 0 Å². The number of nitrogens with two attached hydrogens (primary N) is 2. The van der Waals surface area contributed by atoms with Gasteiger partial charge in [-0.1, -0.05) is 41.9 Å². The first kappa shape index (κ1) is 39.6. The van der Waals surface area contributed by atoms with Crippen LogP contribution in [0.1, 0.15) is 52.6 Å². The number of pyridine rings is 1. The van der Waals surface area contributed by atoms with Crippen molar-refractivity contribution in [2.45, 2.75) is 52.9 Å². The lowest BCUT2D eigenvalue weighted by Gasteiger charge is -2.21. The number of hydrogen-bond acceptors (Lipinski definition) is 9. The van der Waals surface area contributed by atoms with Crippen LogP contribution in [-0.2, 0) is 29.3 Å². The summed E-state index contributed by atoms with van der Waals surface area (Å²) in [5.74, 6) is 1.17. The summed E-state index contributed by atoms with van der Waals surface area (Å²) >= 11 is 6.78. The van der Waals surface area contributed by atoms with E-state index >= 15 is 0 Å². The van der Waals surface area contributed by atoms with E-state index in [9.17, 15) is 14.9 Å². The highest BCUT2D eigenvalue weighted by molar-refractivity contribution is 6.32. The number of amides is 2. The van der Waals surface area contributed by atoms with Crippen LogP contribution >= 0.6 is 11.6 Å². The first-order chi connectivity index (χ1) is 24.9. The van der Waals surface area contributed by atoms with E-state index in [0.29, 0.717) is 54.7 Å². The molecular weight excluding hydrogens is 680 g/mol. The van der Waals surface area contributed by atoms with Gasteiger partial charge in [0.05, 0.1) is 17.2 Å². The van der Waals surface area contributed by atoms with Gasteiger partial charge in [0.1, 0.15) is 36.5 Å². The van der Waals surface area contributed by atoms with Crippen molar-refractivity contribution in [3.05, 3.63) is 105 Å². The quantitative estimate of drug-likeness (QED) is 0.105. The third-order valence-electron chi connectivity index (χ3n) is 8.70. The summed E-state index contributed by atoms with van der Waals surface area (Å²) in [4.78, 5) is 30.6. The predicted octanol–water partition coefficient (Wildman–Crippen LogP) is 5.93. The molecule has 0 fully saturated rings. The van der Waals surface area contributed by atoms with Crippen LogP contribution < -0.4 is 25.7 Å². The fourth-order valence-corrected chi connectivity index (χ4v) is 5.92. The van der Waals surface area contributed by atoms with Gasteiger partial charge in [-0.15, -0.1) is 0 Å². The van der Waals surface area contributed by atoms with Gasteiger partial charge < -0.3 is 35.5 Å². The molecule has 3 aromatic carbocycles. The summed E-state index contributed by atoms with van der Waals surface area (Å²) in [5.41, 5.74) is 17.9. The van der Waals surface area contributed by atoms with Crippen LogP contribution in [0.4, 0.5) is 0 Å². The Labute approximate surface area is 311 Å². The van der Waals surface area contributed by atoms with E-state index in [2.05, 4.69) is 41.9 Å². The summed E-state index contributed by atoms with van der Waals surface area (Å²) in [7, 11) is 3.86. The van der Waals surface area contributed by atoms with Gasteiger partial charge in [0, 0.05) is 68.6 Å². The second-order valence-electron chi connectivity index (χ2n) is 12.9. The number of nitriles is 1. The van der Waals surface area contributed by atoms with Crippen LogP contribution in [0.5, 0.6) is 17.2 Å². The molecule has 4 rings (SSSR count). The zero-order valence-corrected chi connectivity index (χ0v) is 31.0. The molecule has 12 heteroatoms. The lowest BCUT2D eigenvalue weighted by atomic mass is 9.93. The Bertz CT molecular complexity index is 1900. The van der Waals surface area contributed by atoms with Crippen LogP contribution in [0.3, 0.4) is 0 Å². The minimum absolute atomic E-state index is 0.179. The number of halogens is 1. The minimum atomic E-state index is -0.375. The minimum Gasteiger partial charge on any atom is -0.493 e. The van der Waals surface area contributed by atoms with Crippen LogP contribution in [-0.4, -0.2) is 66.9 Å². The molecule has 0 bridgehead atoms. The summed E-state index contributed by atoms with van der Waals surface area (Å²) < 4.78 is 18.8. The number of aromatic nitrogens is 1. The SMILES string of the molecule is Cc1c(COc2cc(OCc3cncc(C#N)c3)c(CN(C)CCC(N)=O)cc2Cl)cccc1-c1cccc(OCCCN(C)CCC(N)=O)c1C. The summed E-state index contributed by atoms with van der Waals surface area (Å²) in [5, 5.41) is 9.71. The zero-order chi connectivity index (χ0) is 37.6. The molecule has 0 aliphatic rings. The van der Waals surface area contributed by atoms with Crippen LogP contribution in [0.15, 0.2) is 67.0 Å². The third kappa shape index (κ3) is 11.7. The highest BCUT2D eigenvalue weighted by Gasteiger charge is 2.17. The third-order valence-corrected chi connectivity index (χ3v) is 8.99. The fraction of sp³-hybridized carbons (Fsp3) is 0.350. The van der Waals surface area contributed by atoms with E-state index in [1.165, 1.54) is 6.20 Å². The van der Waals surface area contributed by atoms with Crippen molar-refractivity contribution in [2.24, 2.45) is 11.5 Å². The summed E-state index contributed by atoms with van der Waals surface area (Å²) in [6, 6.07) is 19.6. The second kappa shape index (κ2) is 19.5. The van der Waals surface area contributed by atoms with E-state index in [4.69, 9.17) is 37.3 Å². The summed E-state index contributed by atoms with van der Waals surface area (Å²) in [6.45, 7) is 7.49.